The number of ether oxygens (including phenoxy) is 2. The molecule has 1 aromatic heterocycles. The molecule has 0 bridgehead atoms. The number of amidine groups is 1. The van der Waals surface area contributed by atoms with E-state index in [1.807, 2.05) is 24.3 Å². The van der Waals surface area contributed by atoms with Crippen LogP contribution in [-0.2, 0) is 6.18 Å². The van der Waals surface area contributed by atoms with Gasteiger partial charge in [0.05, 0.1) is 24.2 Å². The average molecular weight is 594 g/mol. The van der Waals surface area contributed by atoms with Crippen LogP contribution in [-0.4, -0.2) is 42.5 Å². The summed E-state index contributed by atoms with van der Waals surface area (Å²) in [6, 6.07) is 18.3. The third-order valence-electron chi connectivity index (χ3n) is 6.22. The van der Waals surface area contributed by atoms with E-state index >= 15 is 0 Å². The second-order valence-corrected chi connectivity index (χ2v) is 9.05. The smallest absolute Gasteiger partial charge is 0.418 e. The molecule has 0 unspecified atom stereocenters. The predicted molar refractivity (Wildman–Crippen MR) is 161 cm³/mol. The molecular weight excluding hydrogens is 563 g/mol. The summed E-state index contributed by atoms with van der Waals surface area (Å²) in [5.41, 5.74) is 0.247. The highest BCUT2D eigenvalue weighted by molar-refractivity contribution is 6.01. The van der Waals surface area contributed by atoms with Gasteiger partial charge in [-0.2, -0.15) is 13.2 Å². The number of rotatable bonds is 9. The second-order valence-electron chi connectivity index (χ2n) is 9.05. The summed E-state index contributed by atoms with van der Waals surface area (Å²) in [7, 11) is 3.11. The molecule has 0 fully saturated rings. The predicted octanol–water partition coefficient (Wildman–Crippen LogP) is 7.56. The minimum atomic E-state index is -4.64. The first-order valence-electron chi connectivity index (χ1n) is 13.1. The Morgan fingerprint density at radius 2 is 1.53 bits per heavy atom. The Hall–Kier alpha value is -5.33. The molecule has 10 nitrogen and oxygen atoms in total. The number of urea groups is 1. The van der Waals surface area contributed by atoms with Gasteiger partial charge in [-0.1, -0.05) is 0 Å². The number of hydrogen-bond donors (Lipinski definition) is 3. The van der Waals surface area contributed by atoms with E-state index in [4.69, 9.17) is 9.47 Å². The Kier molecular flexibility index (Phi) is 9.65. The van der Waals surface area contributed by atoms with E-state index < -0.39 is 17.8 Å². The Balaban J connectivity index is 1.39. The zero-order valence-electron chi connectivity index (χ0n) is 23.9. The zero-order valence-corrected chi connectivity index (χ0v) is 23.9. The first kappa shape index (κ1) is 30.6. The van der Waals surface area contributed by atoms with Gasteiger partial charge in [-0.25, -0.2) is 14.8 Å². The molecule has 13 heteroatoms. The lowest BCUT2D eigenvalue weighted by Crippen LogP contribution is -2.30. The highest BCUT2D eigenvalue weighted by Crippen LogP contribution is 2.38. The molecule has 0 aliphatic heterocycles. The molecule has 3 N–H and O–H groups in total. The molecule has 0 atom stereocenters. The van der Waals surface area contributed by atoms with Crippen LogP contribution in [0, 0.1) is 0 Å². The molecule has 224 valence electrons. The summed E-state index contributed by atoms with van der Waals surface area (Å²) in [6.45, 7) is 3.65. The average Bonchev–Trinajstić information content (AvgIpc) is 2.99. The fourth-order valence-electron chi connectivity index (χ4n) is 4.08. The maximum atomic E-state index is 13.9. The number of aliphatic imine (C=N–C) groups is 1. The van der Waals surface area contributed by atoms with Gasteiger partial charge in [0.15, 0.2) is 0 Å². The van der Waals surface area contributed by atoms with Crippen molar-refractivity contribution in [2.45, 2.75) is 20.0 Å². The molecule has 3 aromatic carbocycles. The van der Waals surface area contributed by atoms with Crippen molar-refractivity contribution in [2.24, 2.45) is 4.99 Å². The number of nitrogens with one attached hydrogen (secondary N) is 3. The molecule has 0 spiro atoms. The molecular formula is C30H30F3N7O3. The number of anilines is 5. The maximum absolute atomic E-state index is 13.9. The minimum absolute atomic E-state index is 0.0153. The number of carbonyl (C=O) groups is 1. The monoisotopic (exact) mass is 593 g/mol. The van der Waals surface area contributed by atoms with E-state index in [1.165, 1.54) is 30.4 Å². The van der Waals surface area contributed by atoms with Crippen LogP contribution in [0.2, 0.25) is 0 Å². The number of halogens is 3. The van der Waals surface area contributed by atoms with Crippen molar-refractivity contribution in [3.8, 4) is 17.4 Å². The van der Waals surface area contributed by atoms with Crippen LogP contribution in [0.3, 0.4) is 0 Å². The number of benzene rings is 3. The van der Waals surface area contributed by atoms with E-state index in [0.29, 0.717) is 23.1 Å². The molecule has 0 radical (unpaired) electrons. The van der Waals surface area contributed by atoms with Gasteiger partial charge >= 0.3 is 12.2 Å². The molecule has 43 heavy (non-hydrogen) atoms. The van der Waals surface area contributed by atoms with Crippen molar-refractivity contribution in [3.63, 3.8) is 0 Å². The normalized spacial score (nSPS) is 11.5. The van der Waals surface area contributed by atoms with Crippen LogP contribution in [0.1, 0.15) is 19.4 Å². The highest BCUT2D eigenvalue weighted by Gasteiger charge is 2.35. The molecule has 0 aliphatic rings. The molecule has 0 aliphatic carbocycles. The standard InChI is InChI=1S/C30H30F3N7O3/c1-5-40(19(2)34-3)26-15-10-22(16-25(26)30(31,32)33)39-29(41)38-21-8-13-24(14-9-21)43-28-17-27(35-18-36-28)37-20-6-11-23(42-4)12-7-20/h6-18H,5H2,1-4H3,(H,35,36,37)(H2,38,39,41). The molecule has 0 saturated heterocycles. The van der Waals surface area contributed by atoms with Gasteiger partial charge in [0, 0.05) is 36.7 Å². The summed E-state index contributed by atoms with van der Waals surface area (Å²) >= 11 is 0. The minimum Gasteiger partial charge on any atom is -0.497 e. The van der Waals surface area contributed by atoms with Crippen molar-refractivity contribution >= 4 is 40.4 Å². The SMILES string of the molecule is CCN(C(C)=NC)c1ccc(NC(=O)Nc2ccc(Oc3cc(Nc4ccc(OC)cc4)ncn3)cc2)cc1C(F)(F)F. The lowest BCUT2D eigenvalue weighted by molar-refractivity contribution is -0.137. The number of hydrogen-bond acceptors (Lipinski definition) is 7. The maximum Gasteiger partial charge on any atom is 0.418 e. The molecule has 0 saturated carbocycles. The van der Waals surface area contributed by atoms with Crippen molar-refractivity contribution in [1.29, 1.82) is 0 Å². The van der Waals surface area contributed by atoms with Crippen LogP contribution in [0.15, 0.2) is 84.1 Å². The van der Waals surface area contributed by atoms with E-state index in [1.54, 1.807) is 51.3 Å². The topological polar surface area (TPSA) is 113 Å². The first-order chi connectivity index (χ1) is 20.6. The third-order valence-corrected chi connectivity index (χ3v) is 6.22. The number of amides is 2. The first-order valence-corrected chi connectivity index (χ1v) is 13.1. The van der Waals surface area contributed by atoms with Crippen LogP contribution < -0.4 is 30.3 Å². The van der Waals surface area contributed by atoms with E-state index in [-0.39, 0.29) is 23.8 Å². The van der Waals surface area contributed by atoms with Crippen molar-refractivity contribution in [2.75, 3.05) is 41.6 Å². The Morgan fingerprint density at radius 1 is 0.907 bits per heavy atom. The summed E-state index contributed by atoms with van der Waals surface area (Å²) in [5, 5.41) is 8.21. The summed E-state index contributed by atoms with van der Waals surface area (Å²) in [6.07, 6.45) is -3.28. The van der Waals surface area contributed by atoms with Crippen LogP contribution in [0.25, 0.3) is 0 Å². The Labute approximate surface area is 246 Å². The van der Waals surface area contributed by atoms with E-state index in [0.717, 1.165) is 17.5 Å². The number of carbonyl (C=O) groups excluding carboxylic acids is 1. The van der Waals surface area contributed by atoms with Crippen LogP contribution in [0.5, 0.6) is 17.4 Å². The van der Waals surface area contributed by atoms with Gasteiger partial charge in [-0.3, -0.25) is 4.99 Å². The quantitative estimate of drug-likeness (QED) is 0.136. The van der Waals surface area contributed by atoms with Gasteiger partial charge in [-0.05, 0) is 80.6 Å². The second kappa shape index (κ2) is 13.6. The van der Waals surface area contributed by atoms with E-state index in [9.17, 15) is 18.0 Å². The van der Waals surface area contributed by atoms with Gasteiger partial charge < -0.3 is 30.3 Å². The van der Waals surface area contributed by atoms with Crippen LogP contribution >= 0.6 is 0 Å². The number of alkyl halides is 3. The summed E-state index contributed by atoms with van der Waals surface area (Å²) in [5.74, 6) is 2.41. The van der Waals surface area contributed by atoms with Crippen molar-refractivity contribution < 1.29 is 27.4 Å². The summed E-state index contributed by atoms with van der Waals surface area (Å²) in [4.78, 5) is 26.3. The van der Waals surface area contributed by atoms with Gasteiger partial charge in [0.25, 0.3) is 0 Å². The lowest BCUT2D eigenvalue weighted by Gasteiger charge is -2.26. The van der Waals surface area contributed by atoms with Crippen molar-refractivity contribution in [3.05, 3.63) is 84.7 Å². The highest BCUT2D eigenvalue weighted by atomic mass is 19.4. The Bertz CT molecular complexity index is 1580. The number of nitrogens with zero attached hydrogens (tertiary/aromatic N) is 4. The fourth-order valence-corrected chi connectivity index (χ4v) is 4.08. The zero-order chi connectivity index (χ0) is 31.0. The summed E-state index contributed by atoms with van der Waals surface area (Å²) < 4.78 is 52.6. The molecule has 1 heterocycles. The van der Waals surface area contributed by atoms with Crippen molar-refractivity contribution in [1.82, 2.24) is 9.97 Å². The van der Waals surface area contributed by atoms with Gasteiger partial charge in [-0.15, -0.1) is 0 Å². The third kappa shape index (κ3) is 8.12. The van der Waals surface area contributed by atoms with Crippen LogP contribution in [0.4, 0.5) is 46.5 Å². The molecule has 4 rings (SSSR count). The fraction of sp³-hybridized carbons (Fsp3) is 0.200. The van der Waals surface area contributed by atoms with Gasteiger partial charge in [0.2, 0.25) is 5.88 Å². The number of aromatic nitrogens is 2. The largest absolute Gasteiger partial charge is 0.497 e. The Morgan fingerprint density at radius 3 is 2.16 bits per heavy atom. The molecule has 4 aromatic rings. The lowest BCUT2D eigenvalue weighted by atomic mass is 10.1. The molecule has 2 amide bonds. The van der Waals surface area contributed by atoms with Gasteiger partial charge in [0.1, 0.15) is 23.6 Å². The van der Waals surface area contributed by atoms with E-state index in [2.05, 4.69) is 30.9 Å². The number of methoxy groups -OCH3 is 1.